The molecule has 2 fully saturated rings. The van der Waals surface area contributed by atoms with Gasteiger partial charge in [-0.25, -0.2) is 0 Å². The highest BCUT2D eigenvalue weighted by molar-refractivity contribution is 5.07. The van der Waals surface area contributed by atoms with Gasteiger partial charge in [0.15, 0.2) is 0 Å². The topological polar surface area (TPSA) is 47.7 Å². The van der Waals surface area contributed by atoms with Crippen LogP contribution in [0.1, 0.15) is 24.0 Å². The van der Waals surface area contributed by atoms with E-state index < -0.39 is 0 Å². The number of pyridine rings is 1. The summed E-state index contributed by atoms with van der Waals surface area (Å²) in [5, 5.41) is 0. The molecule has 4 rings (SSSR count). The van der Waals surface area contributed by atoms with Gasteiger partial charge in [-0.2, -0.15) is 0 Å². The van der Waals surface area contributed by atoms with Gasteiger partial charge in [0.05, 0.1) is 31.8 Å². The van der Waals surface area contributed by atoms with Crippen LogP contribution in [0.15, 0.2) is 47.5 Å². The first-order chi connectivity index (χ1) is 11.9. The van der Waals surface area contributed by atoms with E-state index in [2.05, 4.69) is 16.0 Å². The van der Waals surface area contributed by atoms with E-state index in [4.69, 9.17) is 13.9 Å². The molecule has 2 aliphatic rings. The molecule has 1 aliphatic heterocycles. The van der Waals surface area contributed by atoms with E-state index in [1.165, 1.54) is 5.56 Å². The average Bonchev–Trinajstić information content (AvgIpc) is 3.26. The zero-order chi connectivity index (χ0) is 16.2. The van der Waals surface area contributed by atoms with Crippen LogP contribution in [0.25, 0.3) is 0 Å². The molecule has 0 spiro atoms. The zero-order valence-electron chi connectivity index (χ0n) is 13.8. The van der Waals surface area contributed by atoms with Crippen LogP contribution in [0.2, 0.25) is 0 Å². The lowest BCUT2D eigenvalue weighted by Gasteiger charge is -2.37. The largest absolute Gasteiger partial charge is 0.472 e. The molecule has 5 heteroatoms. The van der Waals surface area contributed by atoms with Crippen molar-refractivity contribution in [2.24, 2.45) is 5.92 Å². The molecule has 3 atom stereocenters. The maximum atomic E-state index is 6.02. The fourth-order valence-electron chi connectivity index (χ4n) is 3.90. The third-order valence-corrected chi connectivity index (χ3v) is 5.06. The second-order valence-electron chi connectivity index (χ2n) is 6.79. The lowest BCUT2D eigenvalue weighted by atomic mass is 10.1. The first kappa shape index (κ1) is 15.8. The number of nitrogens with zero attached hydrogens (tertiary/aromatic N) is 2. The molecular weight excluding hydrogens is 304 g/mol. The van der Waals surface area contributed by atoms with E-state index in [1.54, 1.807) is 12.5 Å². The van der Waals surface area contributed by atoms with Crippen LogP contribution in [-0.2, 0) is 22.6 Å². The molecule has 24 heavy (non-hydrogen) atoms. The predicted molar refractivity (Wildman–Crippen MR) is 89.3 cm³/mol. The minimum atomic E-state index is 0.345. The molecule has 0 bridgehead atoms. The van der Waals surface area contributed by atoms with Gasteiger partial charge in [0, 0.05) is 43.7 Å². The molecule has 3 unspecified atom stereocenters. The first-order valence-electron chi connectivity index (χ1n) is 8.72. The van der Waals surface area contributed by atoms with Gasteiger partial charge in [-0.3, -0.25) is 9.88 Å². The Kier molecular flexibility index (Phi) is 4.92. The Labute approximate surface area is 142 Å². The average molecular weight is 328 g/mol. The van der Waals surface area contributed by atoms with Crippen molar-refractivity contribution >= 4 is 0 Å². The number of aromatic nitrogens is 1. The third kappa shape index (κ3) is 3.69. The van der Waals surface area contributed by atoms with Crippen molar-refractivity contribution in [3.63, 3.8) is 0 Å². The van der Waals surface area contributed by atoms with Crippen LogP contribution >= 0.6 is 0 Å². The predicted octanol–water partition coefficient (Wildman–Crippen LogP) is 2.87. The van der Waals surface area contributed by atoms with Crippen molar-refractivity contribution in [3.8, 4) is 0 Å². The number of furan rings is 1. The van der Waals surface area contributed by atoms with Gasteiger partial charge in [-0.05, 0) is 36.5 Å². The van der Waals surface area contributed by atoms with E-state index >= 15 is 0 Å². The Morgan fingerprint density at radius 2 is 2.25 bits per heavy atom. The smallest absolute Gasteiger partial charge is 0.0947 e. The highest BCUT2D eigenvalue weighted by atomic mass is 16.5. The van der Waals surface area contributed by atoms with E-state index in [9.17, 15) is 0 Å². The number of hydrogen-bond donors (Lipinski definition) is 0. The summed E-state index contributed by atoms with van der Waals surface area (Å²) in [6, 6.07) is 6.55. The number of hydrogen-bond acceptors (Lipinski definition) is 5. The fraction of sp³-hybridized carbons (Fsp3) is 0.526. The Hall–Kier alpha value is -1.69. The van der Waals surface area contributed by atoms with Crippen LogP contribution in [0.3, 0.4) is 0 Å². The van der Waals surface area contributed by atoms with E-state index in [0.29, 0.717) is 24.7 Å². The molecule has 128 valence electrons. The van der Waals surface area contributed by atoms with Gasteiger partial charge in [0.25, 0.3) is 0 Å². The third-order valence-electron chi connectivity index (χ3n) is 5.06. The zero-order valence-corrected chi connectivity index (χ0v) is 13.8. The molecule has 5 nitrogen and oxygen atoms in total. The molecule has 3 heterocycles. The summed E-state index contributed by atoms with van der Waals surface area (Å²) >= 11 is 0. The maximum absolute atomic E-state index is 6.02. The van der Waals surface area contributed by atoms with Gasteiger partial charge >= 0.3 is 0 Å². The van der Waals surface area contributed by atoms with E-state index in [-0.39, 0.29) is 0 Å². The maximum Gasteiger partial charge on any atom is 0.0947 e. The summed E-state index contributed by atoms with van der Waals surface area (Å²) in [4.78, 5) is 6.67. The Bertz CT molecular complexity index is 617. The van der Waals surface area contributed by atoms with Crippen molar-refractivity contribution in [1.29, 1.82) is 0 Å². The summed E-state index contributed by atoms with van der Waals surface area (Å²) < 4.78 is 17.1. The molecule has 2 aromatic heterocycles. The molecule has 1 saturated heterocycles. The number of fused-ring (bicyclic) bond motifs is 1. The summed E-state index contributed by atoms with van der Waals surface area (Å²) in [7, 11) is 0. The second-order valence-corrected chi connectivity index (χ2v) is 6.79. The molecule has 2 aromatic rings. The molecule has 0 aromatic carbocycles. The van der Waals surface area contributed by atoms with Crippen LogP contribution in [0.5, 0.6) is 0 Å². The Morgan fingerprint density at radius 3 is 3.08 bits per heavy atom. The van der Waals surface area contributed by atoms with Gasteiger partial charge in [0.1, 0.15) is 0 Å². The highest BCUT2D eigenvalue weighted by Gasteiger charge is 2.40. The Balaban J connectivity index is 1.29. The SMILES string of the molecule is c1cncc(COCC2CC3OCCN(Cc4ccoc4)C3C2)c1. The van der Waals surface area contributed by atoms with Crippen LogP contribution in [0, 0.1) is 5.92 Å². The van der Waals surface area contributed by atoms with Crippen LogP contribution < -0.4 is 0 Å². The van der Waals surface area contributed by atoms with Crippen LogP contribution in [-0.4, -0.2) is 41.8 Å². The van der Waals surface area contributed by atoms with Crippen molar-refractivity contribution < 1.29 is 13.9 Å². The molecule has 0 N–H and O–H groups in total. The minimum Gasteiger partial charge on any atom is -0.472 e. The second kappa shape index (κ2) is 7.47. The monoisotopic (exact) mass is 328 g/mol. The molecule has 1 aliphatic carbocycles. The van der Waals surface area contributed by atoms with Crippen molar-refractivity contribution in [1.82, 2.24) is 9.88 Å². The van der Waals surface area contributed by atoms with Gasteiger partial charge in [0.2, 0.25) is 0 Å². The summed E-state index contributed by atoms with van der Waals surface area (Å²) in [5.41, 5.74) is 2.37. The fourth-order valence-corrected chi connectivity index (χ4v) is 3.90. The quantitative estimate of drug-likeness (QED) is 0.816. The summed E-state index contributed by atoms with van der Waals surface area (Å²) in [6.45, 7) is 4.20. The number of morpholine rings is 1. The normalized spacial score (nSPS) is 27.2. The number of rotatable bonds is 6. The molecule has 0 radical (unpaired) electrons. The lowest BCUT2D eigenvalue weighted by Crippen LogP contribution is -2.47. The summed E-state index contributed by atoms with van der Waals surface area (Å²) in [6.07, 6.45) is 9.83. The van der Waals surface area contributed by atoms with Gasteiger partial charge in [-0.15, -0.1) is 0 Å². The van der Waals surface area contributed by atoms with Crippen molar-refractivity contribution in [2.45, 2.75) is 38.1 Å². The van der Waals surface area contributed by atoms with Crippen LogP contribution in [0.4, 0.5) is 0 Å². The first-order valence-corrected chi connectivity index (χ1v) is 8.72. The van der Waals surface area contributed by atoms with Crippen molar-refractivity contribution in [2.75, 3.05) is 19.8 Å². The standard InChI is InChI=1S/C19H24N2O3/c1-2-15(10-20-4-1)12-23-14-17-8-18-19(9-17)24-7-5-21(18)11-16-3-6-22-13-16/h1-4,6,10,13,17-19H,5,7-9,11-12,14H2. The number of ether oxygens (including phenoxy) is 2. The van der Waals surface area contributed by atoms with E-state index in [1.807, 2.05) is 24.6 Å². The molecule has 0 amide bonds. The Morgan fingerprint density at radius 1 is 1.25 bits per heavy atom. The minimum absolute atomic E-state index is 0.345. The van der Waals surface area contributed by atoms with Gasteiger partial charge < -0.3 is 13.9 Å². The summed E-state index contributed by atoms with van der Waals surface area (Å²) in [5.74, 6) is 0.571. The lowest BCUT2D eigenvalue weighted by molar-refractivity contribution is -0.0591. The van der Waals surface area contributed by atoms with Crippen molar-refractivity contribution in [3.05, 3.63) is 54.2 Å². The molecular formula is C19H24N2O3. The van der Waals surface area contributed by atoms with E-state index in [0.717, 1.165) is 44.7 Å². The molecule has 1 saturated carbocycles. The highest BCUT2D eigenvalue weighted by Crippen LogP contribution is 2.35. The van der Waals surface area contributed by atoms with Gasteiger partial charge in [-0.1, -0.05) is 6.07 Å².